The number of thiophene rings is 1. The van der Waals surface area contributed by atoms with Crippen LogP contribution in [-0.2, 0) is 0 Å². The standard InChI is InChI=1S/C10H14N2S2/c1-7(2)12-10-9-8(3-5-14-9)13-6-4-11-10/h3,5,7H,4,6H2,1-2H3,(H,11,12). The number of thioether (sulfide) groups is 1. The number of nitrogens with zero attached hydrogens (tertiary/aromatic N) is 1. The van der Waals surface area contributed by atoms with Gasteiger partial charge in [-0.3, -0.25) is 4.99 Å². The van der Waals surface area contributed by atoms with Gasteiger partial charge in [0.25, 0.3) is 0 Å². The highest BCUT2D eigenvalue weighted by atomic mass is 32.2. The molecule has 0 atom stereocenters. The van der Waals surface area contributed by atoms with Crippen LogP contribution in [0.25, 0.3) is 0 Å². The zero-order chi connectivity index (χ0) is 9.97. The average Bonchev–Trinajstić information content (AvgIpc) is 2.51. The SMILES string of the molecule is CC(C)NC1=NCCSc2ccsc21. The van der Waals surface area contributed by atoms with Gasteiger partial charge in [-0.25, -0.2) is 0 Å². The van der Waals surface area contributed by atoms with Crippen LogP contribution in [0.15, 0.2) is 21.3 Å². The van der Waals surface area contributed by atoms with Crippen LogP contribution in [0.5, 0.6) is 0 Å². The van der Waals surface area contributed by atoms with Crippen LogP contribution in [0.3, 0.4) is 0 Å². The molecule has 1 aromatic heterocycles. The number of aliphatic imine (C=N–C) groups is 1. The van der Waals surface area contributed by atoms with Crippen LogP contribution < -0.4 is 5.32 Å². The molecule has 0 amide bonds. The van der Waals surface area contributed by atoms with E-state index in [2.05, 4.69) is 35.6 Å². The van der Waals surface area contributed by atoms with Gasteiger partial charge in [-0.1, -0.05) is 0 Å². The highest BCUT2D eigenvalue weighted by Gasteiger charge is 2.14. The van der Waals surface area contributed by atoms with Gasteiger partial charge in [-0.2, -0.15) is 0 Å². The predicted octanol–water partition coefficient (Wildman–Crippen LogP) is 2.60. The fraction of sp³-hybridized carbons (Fsp3) is 0.500. The van der Waals surface area contributed by atoms with Crippen LogP contribution in [0.4, 0.5) is 0 Å². The van der Waals surface area contributed by atoms with Crippen molar-refractivity contribution in [3.8, 4) is 0 Å². The lowest BCUT2D eigenvalue weighted by Gasteiger charge is -2.11. The second-order valence-corrected chi connectivity index (χ2v) is 5.54. The first-order valence-electron chi connectivity index (χ1n) is 4.79. The van der Waals surface area contributed by atoms with E-state index in [-0.39, 0.29) is 0 Å². The summed E-state index contributed by atoms with van der Waals surface area (Å²) in [5, 5.41) is 5.55. The summed E-state index contributed by atoms with van der Waals surface area (Å²) in [5.74, 6) is 2.17. The third kappa shape index (κ3) is 2.12. The van der Waals surface area contributed by atoms with E-state index < -0.39 is 0 Å². The topological polar surface area (TPSA) is 24.4 Å². The number of amidine groups is 1. The molecule has 0 saturated heterocycles. The Morgan fingerprint density at radius 1 is 1.50 bits per heavy atom. The molecular formula is C10H14N2S2. The molecule has 2 rings (SSSR count). The maximum absolute atomic E-state index is 4.57. The maximum Gasteiger partial charge on any atom is 0.139 e. The third-order valence-electron chi connectivity index (χ3n) is 1.89. The van der Waals surface area contributed by atoms with Gasteiger partial charge in [0, 0.05) is 16.7 Å². The highest BCUT2D eigenvalue weighted by molar-refractivity contribution is 7.99. The molecule has 2 nitrogen and oxygen atoms in total. The lowest BCUT2D eigenvalue weighted by molar-refractivity contribution is 0.731. The van der Waals surface area contributed by atoms with Gasteiger partial charge in [0.05, 0.1) is 11.4 Å². The Morgan fingerprint density at radius 3 is 3.14 bits per heavy atom. The lowest BCUT2D eigenvalue weighted by atomic mass is 10.3. The number of nitrogens with one attached hydrogen (secondary N) is 1. The van der Waals surface area contributed by atoms with E-state index in [0.717, 1.165) is 18.1 Å². The van der Waals surface area contributed by atoms with Gasteiger partial charge in [0.15, 0.2) is 0 Å². The van der Waals surface area contributed by atoms with Crippen LogP contribution >= 0.6 is 23.1 Å². The largest absolute Gasteiger partial charge is 0.367 e. The fourth-order valence-corrected chi connectivity index (χ4v) is 3.31. The summed E-state index contributed by atoms with van der Waals surface area (Å²) >= 11 is 3.68. The molecule has 0 saturated carbocycles. The Morgan fingerprint density at radius 2 is 2.36 bits per heavy atom. The summed E-state index contributed by atoms with van der Waals surface area (Å²) < 4.78 is 0. The molecule has 0 fully saturated rings. The van der Waals surface area contributed by atoms with Gasteiger partial charge in [0.2, 0.25) is 0 Å². The summed E-state index contributed by atoms with van der Waals surface area (Å²) in [6.45, 7) is 5.21. The lowest BCUT2D eigenvalue weighted by Crippen LogP contribution is -2.30. The molecule has 1 aromatic rings. The van der Waals surface area contributed by atoms with E-state index in [1.807, 2.05) is 11.8 Å². The zero-order valence-electron chi connectivity index (χ0n) is 8.41. The predicted molar refractivity (Wildman–Crippen MR) is 64.7 cm³/mol. The summed E-state index contributed by atoms with van der Waals surface area (Å²) in [4.78, 5) is 7.25. The minimum atomic E-state index is 0.451. The van der Waals surface area contributed by atoms with Gasteiger partial charge in [0.1, 0.15) is 5.84 Å². The van der Waals surface area contributed by atoms with Gasteiger partial charge >= 0.3 is 0 Å². The van der Waals surface area contributed by atoms with Crippen LogP contribution in [0.2, 0.25) is 0 Å². The molecule has 0 bridgehead atoms. The summed E-state index contributed by atoms with van der Waals surface area (Å²) in [5.41, 5.74) is 0. The van der Waals surface area contributed by atoms with E-state index in [9.17, 15) is 0 Å². The Labute approximate surface area is 92.8 Å². The second kappa shape index (κ2) is 4.36. The van der Waals surface area contributed by atoms with Crippen molar-refractivity contribution >= 4 is 28.9 Å². The minimum Gasteiger partial charge on any atom is -0.367 e. The minimum absolute atomic E-state index is 0.451. The number of rotatable bonds is 1. The number of hydrogen-bond donors (Lipinski definition) is 1. The smallest absolute Gasteiger partial charge is 0.139 e. The molecule has 14 heavy (non-hydrogen) atoms. The molecule has 1 aliphatic heterocycles. The van der Waals surface area contributed by atoms with Crippen LogP contribution in [-0.4, -0.2) is 24.2 Å². The summed E-state index contributed by atoms with van der Waals surface area (Å²) in [6.07, 6.45) is 0. The van der Waals surface area contributed by atoms with Gasteiger partial charge < -0.3 is 5.32 Å². The maximum atomic E-state index is 4.57. The Balaban J connectivity index is 2.28. The Kier molecular flexibility index (Phi) is 3.13. The summed E-state index contributed by atoms with van der Waals surface area (Å²) in [6, 6.07) is 2.64. The second-order valence-electron chi connectivity index (χ2n) is 3.49. The molecule has 1 aliphatic rings. The van der Waals surface area contributed by atoms with E-state index in [0.29, 0.717) is 6.04 Å². The van der Waals surface area contributed by atoms with Crippen molar-refractivity contribution in [3.63, 3.8) is 0 Å². The van der Waals surface area contributed by atoms with E-state index >= 15 is 0 Å². The summed E-state index contributed by atoms with van der Waals surface area (Å²) in [7, 11) is 0. The van der Waals surface area contributed by atoms with Crippen molar-refractivity contribution in [1.29, 1.82) is 0 Å². The molecular weight excluding hydrogens is 212 g/mol. The van der Waals surface area contributed by atoms with Crippen LogP contribution in [0.1, 0.15) is 18.7 Å². The van der Waals surface area contributed by atoms with Crippen molar-refractivity contribution in [2.75, 3.05) is 12.3 Å². The monoisotopic (exact) mass is 226 g/mol. The van der Waals surface area contributed by atoms with E-state index in [4.69, 9.17) is 0 Å². The van der Waals surface area contributed by atoms with Crippen molar-refractivity contribution in [3.05, 3.63) is 16.3 Å². The Hall–Kier alpha value is -0.480. The first kappa shape index (κ1) is 10.1. The van der Waals surface area contributed by atoms with Crippen LogP contribution in [0, 0.1) is 0 Å². The highest BCUT2D eigenvalue weighted by Crippen LogP contribution is 2.29. The van der Waals surface area contributed by atoms with Gasteiger partial charge in [-0.05, 0) is 25.3 Å². The van der Waals surface area contributed by atoms with E-state index in [1.165, 1.54) is 9.77 Å². The zero-order valence-corrected chi connectivity index (χ0v) is 10.0. The molecule has 0 radical (unpaired) electrons. The molecule has 0 aliphatic carbocycles. The van der Waals surface area contributed by atoms with Crippen molar-refractivity contribution in [2.45, 2.75) is 24.8 Å². The van der Waals surface area contributed by atoms with Crippen molar-refractivity contribution < 1.29 is 0 Å². The average molecular weight is 226 g/mol. The third-order valence-corrected chi connectivity index (χ3v) is 3.98. The molecule has 2 heterocycles. The van der Waals surface area contributed by atoms with Crippen molar-refractivity contribution in [1.82, 2.24) is 5.32 Å². The number of hydrogen-bond acceptors (Lipinski definition) is 4. The fourth-order valence-electron chi connectivity index (χ4n) is 1.35. The van der Waals surface area contributed by atoms with E-state index in [1.54, 1.807) is 11.3 Å². The molecule has 0 unspecified atom stereocenters. The van der Waals surface area contributed by atoms with Gasteiger partial charge in [-0.15, -0.1) is 23.1 Å². The Bertz CT molecular complexity index is 342. The first-order chi connectivity index (χ1) is 6.77. The molecule has 76 valence electrons. The molecule has 0 aromatic carbocycles. The quantitative estimate of drug-likeness (QED) is 0.796. The number of fused-ring (bicyclic) bond motifs is 1. The van der Waals surface area contributed by atoms with Crippen molar-refractivity contribution in [2.24, 2.45) is 4.99 Å². The first-order valence-corrected chi connectivity index (χ1v) is 6.65. The molecule has 0 spiro atoms. The molecule has 1 N–H and O–H groups in total. The normalized spacial score (nSPS) is 16.1. The molecule has 4 heteroatoms.